The van der Waals surface area contributed by atoms with Crippen LogP contribution in [0.25, 0.3) is 0 Å². The third-order valence-corrected chi connectivity index (χ3v) is 2.75. The van der Waals surface area contributed by atoms with Gasteiger partial charge in [0.1, 0.15) is 5.60 Å². The summed E-state index contributed by atoms with van der Waals surface area (Å²) in [7, 11) is 0. The molecule has 0 bridgehead atoms. The quantitative estimate of drug-likeness (QED) is 0.695. The number of likely N-dealkylation sites (tertiary alicyclic amines) is 1. The lowest BCUT2D eigenvalue weighted by Crippen LogP contribution is -2.51. The highest BCUT2D eigenvalue weighted by atomic mass is 16.6. The fourth-order valence-electron chi connectivity index (χ4n) is 1.64. The van der Waals surface area contributed by atoms with E-state index in [1.807, 2.05) is 20.8 Å². The summed E-state index contributed by atoms with van der Waals surface area (Å²) in [5.41, 5.74) is 5.29. The minimum atomic E-state index is -0.438. The second-order valence-electron chi connectivity index (χ2n) is 5.40. The Morgan fingerprint density at radius 3 is 2.31 bits per heavy atom. The van der Waals surface area contributed by atoms with Crippen LogP contribution in [0.2, 0.25) is 0 Å². The first-order valence-corrected chi connectivity index (χ1v) is 5.66. The highest BCUT2D eigenvalue weighted by Gasteiger charge is 2.31. The molecular weight excluding hydrogens is 204 g/mol. The van der Waals surface area contributed by atoms with E-state index in [9.17, 15) is 4.79 Å². The lowest BCUT2D eigenvalue weighted by Gasteiger charge is -2.37. The number of nitrogens with two attached hydrogens (primary N) is 1. The molecule has 1 fully saturated rings. The van der Waals surface area contributed by atoms with Crippen LogP contribution in [0.4, 0.5) is 4.79 Å². The minimum absolute atomic E-state index is 0.251. The molecule has 1 rings (SSSR count). The van der Waals surface area contributed by atoms with Gasteiger partial charge in [-0.05, 0) is 33.6 Å². The van der Waals surface area contributed by atoms with Crippen molar-refractivity contribution in [2.45, 2.75) is 44.8 Å². The molecule has 0 saturated carbocycles. The van der Waals surface area contributed by atoms with Gasteiger partial charge in [-0.1, -0.05) is 6.08 Å². The van der Waals surface area contributed by atoms with Crippen molar-refractivity contribution in [3.63, 3.8) is 0 Å². The Balaban J connectivity index is 2.48. The van der Waals surface area contributed by atoms with Crippen LogP contribution in [0.3, 0.4) is 0 Å². The molecule has 1 amide bonds. The van der Waals surface area contributed by atoms with Gasteiger partial charge in [-0.25, -0.2) is 4.79 Å². The van der Waals surface area contributed by atoms with Crippen LogP contribution in [0.1, 0.15) is 33.6 Å². The van der Waals surface area contributed by atoms with Gasteiger partial charge in [0.15, 0.2) is 0 Å². The van der Waals surface area contributed by atoms with Gasteiger partial charge in [-0.15, -0.1) is 6.58 Å². The Bertz CT molecular complexity index is 273. The summed E-state index contributed by atoms with van der Waals surface area (Å²) in [6, 6.07) is 0. The van der Waals surface area contributed by atoms with E-state index in [0.29, 0.717) is 13.1 Å². The lowest BCUT2D eigenvalue weighted by atomic mass is 9.89. The van der Waals surface area contributed by atoms with Crippen molar-refractivity contribution in [2.24, 2.45) is 5.73 Å². The van der Waals surface area contributed by atoms with Gasteiger partial charge in [0.05, 0.1) is 0 Å². The van der Waals surface area contributed by atoms with Crippen molar-refractivity contribution in [1.82, 2.24) is 4.90 Å². The molecule has 0 aromatic carbocycles. The van der Waals surface area contributed by atoms with Crippen molar-refractivity contribution in [1.29, 1.82) is 0 Å². The van der Waals surface area contributed by atoms with Gasteiger partial charge >= 0.3 is 6.09 Å². The molecule has 16 heavy (non-hydrogen) atoms. The molecule has 0 atom stereocenters. The van der Waals surface area contributed by atoms with Crippen LogP contribution in [0.15, 0.2) is 12.7 Å². The number of ether oxygens (including phenoxy) is 1. The zero-order chi connectivity index (χ0) is 12.4. The van der Waals surface area contributed by atoms with E-state index in [4.69, 9.17) is 10.5 Å². The minimum Gasteiger partial charge on any atom is -0.444 e. The number of carbonyl (C=O) groups excluding carboxylic acids is 1. The van der Waals surface area contributed by atoms with Crippen LogP contribution in [-0.4, -0.2) is 35.2 Å². The molecule has 0 radical (unpaired) electrons. The van der Waals surface area contributed by atoms with Gasteiger partial charge in [0.2, 0.25) is 0 Å². The monoisotopic (exact) mass is 226 g/mol. The Kier molecular flexibility index (Phi) is 3.63. The number of carbonyl (C=O) groups is 1. The average Bonchev–Trinajstić information content (AvgIpc) is 2.16. The predicted molar refractivity (Wildman–Crippen MR) is 64.2 cm³/mol. The standard InChI is InChI=1S/C12H22N2O2/c1-5-12(13)6-8-14(9-7-12)10(15)16-11(2,3)4/h5H,1,6-9,13H2,2-4H3. The Hall–Kier alpha value is -1.03. The first-order valence-electron chi connectivity index (χ1n) is 5.66. The summed E-state index contributed by atoms with van der Waals surface area (Å²) < 4.78 is 5.30. The first-order chi connectivity index (χ1) is 7.26. The Morgan fingerprint density at radius 2 is 1.94 bits per heavy atom. The second kappa shape index (κ2) is 4.45. The molecule has 1 aliphatic rings. The Morgan fingerprint density at radius 1 is 1.44 bits per heavy atom. The molecule has 4 nitrogen and oxygen atoms in total. The summed E-state index contributed by atoms with van der Waals surface area (Å²) in [4.78, 5) is 13.5. The van der Waals surface area contributed by atoms with Crippen LogP contribution in [0.5, 0.6) is 0 Å². The molecule has 1 aliphatic heterocycles. The summed E-state index contributed by atoms with van der Waals surface area (Å²) in [6.07, 6.45) is 3.02. The molecule has 1 heterocycles. The normalized spacial score (nSPS) is 20.4. The van der Waals surface area contributed by atoms with Crippen molar-refractivity contribution in [2.75, 3.05) is 13.1 Å². The first kappa shape index (κ1) is 13.0. The maximum absolute atomic E-state index is 11.8. The van der Waals surface area contributed by atoms with Crippen LogP contribution in [-0.2, 0) is 4.74 Å². The van der Waals surface area contributed by atoms with Crippen molar-refractivity contribution >= 4 is 6.09 Å². The smallest absolute Gasteiger partial charge is 0.410 e. The molecule has 1 saturated heterocycles. The molecule has 0 aromatic heterocycles. The summed E-state index contributed by atoms with van der Waals surface area (Å²) >= 11 is 0. The van der Waals surface area contributed by atoms with Gasteiger partial charge in [0.25, 0.3) is 0 Å². The van der Waals surface area contributed by atoms with Gasteiger partial charge < -0.3 is 15.4 Å². The van der Waals surface area contributed by atoms with E-state index in [2.05, 4.69) is 6.58 Å². The lowest BCUT2D eigenvalue weighted by molar-refractivity contribution is 0.0187. The highest BCUT2D eigenvalue weighted by molar-refractivity contribution is 5.68. The van der Waals surface area contributed by atoms with Gasteiger partial charge in [-0.3, -0.25) is 0 Å². The SMILES string of the molecule is C=CC1(N)CCN(C(=O)OC(C)(C)C)CC1. The maximum atomic E-state index is 11.8. The molecule has 92 valence electrons. The zero-order valence-electron chi connectivity index (χ0n) is 10.5. The fourth-order valence-corrected chi connectivity index (χ4v) is 1.64. The molecule has 0 aromatic rings. The van der Waals surface area contributed by atoms with Crippen molar-refractivity contribution in [3.8, 4) is 0 Å². The number of amides is 1. The number of hydrogen-bond acceptors (Lipinski definition) is 3. The zero-order valence-corrected chi connectivity index (χ0v) is 10.5. The van der Waals surface area contributed by atoms with Crippen molar-refractivity contribution < 1.29 is 9.53 Å². The second-order valence-corrected chi connectivity index (χ2v) is 5.40. The number of rotatable bonds is 1. The van der Waals surface area contributed by atoms with E-state index >= 15 is 0 Å². The highest BCUT2D eigenvalue weighted by Crippen LogP contribution is 2.22. The van der Waals surface area contributed by atoms with E-state index in [-0.39, 0.29) is 11.6 Å². The third-order valence-electron chi connectivity index (χ3n) is 2.75. The Labute approximate surface area is 97.4 Å². The van der Waals surface area contributed by atoms with Gasteiger partial charge in [0, 0.05) is 18.6 Å². The van der Waals surface area contributed by atoms with E-state index in [1.165, 1.54) is 0 Å². The van der Waals surface area contributed by atoms with E-state index in [1.54, 1.807) is 11.0 Å². The summed E-state index contributed by atoms with van der Waals surface area (Å²) in [5, 5.41) is 0. The summed E-state index contributed by atoms with van der Waals surface area (Å²) in [5.74, 6) is 0. The van der Waals surface area contributed by atoms with Crippen LogP contribution in [0, 0.1) is 0 Å². The maximum Gasteiger partial charge on any atom is 0.410 e. The third kappa shape index (κ3) is 3.52. The topological polar surface area (TPSA) is 55.6 Å². The summed E-state index contributed by atoms with van der Waals surface area (Å²) in [6.45, 7) is 10.6. The fraction of sp³-hybridized carbons (Fsp3) is 0.750. The number of hydrogen-bond donors (Lipinski definition) is 1. The van der Waals surface area contributed by atoms with Crippen LogP contribution >= 0.6 is 0 Å². The molecule has 0 aliphatic carbocycles. The molecule has 0 unspecified atom stereocenters. The molecule has 0 spiro atoms. The largest absolute Gasteiger partial charge is 0.444 e. The van der Waals surface area contributed by atoms with E-state index in [0.717, 1.165) is 12.8 Å². The van der Waals surface area contributed by atoms with Crippen molar-refractivity contribution in [3.05, 3.63) is 12.7 Å². The average molecular weight is 226 g/mol. The molecular formula is C12H22N2O2. The molecule has 4 heteroatoms. The van der Waals surface area contributed by atoms with Gasteiger partial charge in [-0.2, -0.15) is 0 Å². The van der Waals surface area contributed by atoms with E-state index < -0.39 is 5.60 Å². The number of nitrogens with zero attached hydrogens (tertiary/aromatic N) is 1. The predicted octanol–water partition coefficient (Wildman–Crippen LogP) is 1.90. The molecule has 2 N–H and O–H groups in total. The number of piperidine rings is 1. The van der Waals surface area contributed by atoms with Crippen LogP contribution < -0.4 is 5.73 Å².